The molecular weight excluding hydrogens is 265 g/mol. The lowest BCUT2D eigenvalue weighted by Gasteiger charge is -2.09. The number of hydrogen-bond acceptors (Lipinski definition) is 2. The highest BCUT2D eigenvalue weighted by Gasteiger charge is 2.20. The van der Waals surface area contributed by atoms with Crippen LogP contribution in [0.4, 0.5) is 10.2 Å². The van der Waals surface area contributed by atoms with Gasteiger partial charge in [-0.1, -0.05) is 13.3 Å². The number of nitrogens with zero attached hydrogens (tertiary/aromatic N) is 2. The zero-order valence-electron chi connectivity index (χ0n) is 12.5. The second kappa shape index (κ2) is 6.29. The quantitative estimate of drug-likeness (QED) is 0.917. The zero-order valence-corrected chi connectivity index (χ0v) is 12.5. The SMILES string of the molecule is CCCCc1nn(-c2ccc(F)cc2)c2c1CCCCN2. The smallest absolute Gasteiger partial charge is 0.133 e. The number of hydrogen-bond donors (Lipinski definition) is 1. The summed E-state index contributed by atoms with van der Waals surface area (Å²) in [6, 6.07) is 6.56. The average Bonchev–Trinajstić information content (AvgIpc) is 2.68. The number of unbranched alkanes of at least 4 members (excludes halogenated alkanes) is 1. The van der Waals surface area contributed by atoms with Crippen molar-refractivity contribution < 1.29 is 4.39 Å². The second-order valence-electron chi connectivity index (χ2n) is 5.65. The lowest BCUT2D eigenvalue weighted by atomic mass is 10.1. The van der Waals surface area contributed by atoms with E-state index in [1.807, 2.05) is 4.68 Å². The Morgan fingerprint density at radius 2 is 2.05 bits per heavy atom. The third-order valence-electron chi connectivity index (χ3n) is 4.05. The van der Waals surface area contributed by atoms with E-state index in [2.05, 4.69) is 12.2 Å². The Kier molecular flexibility index (Phi) is 4.23. The van der Waals surface area contributed by atoms with Gasteiger partial charge in [-0.2, -0.15) is 5.10 Å². The molecule has 3 nitrogen and oxygen atoms in total. The predicted octanol–water partition coefficient (Wildman–Crippen LogP) is 4.10. The number of fused-ring (bicyclic) bond motifs is 1. The van der Waals surface area contributed by atoms with Gasteiger partial charge in [0.05, 0.1) is 11.4 Å². The molecule has 0 aliphatic carbocycles. The first-order chi connectivity index (χ1) is 10.3. The Bertz CT molecular complexity index is 601. The summed E-state index contributed by atoms with van der Waals surface area (Å²) in [7, 11) is 0. The minimum atomic E-state index is -0.212. The van der Waals surface area contributed by atoms with E-state index in [0.717, 1.165) is 37.3 Å². The lowest BCUT2D eigenvalue weighted by molar-refractivity contribution is 0.627. The number of aromatic nitrogens is 2. The zero-order chi connectivity index (χ0) is 14.7. The van der Waals surface area contributed by atoms with Gasteiger partial charge in [-0.25, -0.2) is 9.07 Å². The van der Waals surface area contributed by atoms with Crippen LogP contribution in [0.1, 0.15) is 43.9 Å². The highest BCUT2D eigenvalue weighted by Crippen LogP contribution is 2.28. The maximum atomic E-state index is 13.1. The average molecular weight is 287 g/mol. The van der Waals surface area contributed by atoms with Crippen molar-refractivity contribution in [1.29, 1.82) is 0 Å². The van der Waals surface area contributed by atoms with Crippen LogP contribution in [-0.4, -0.2) is 16.3 Å². The highest BCUT2D eigenvalue weighted by molar-refractivity contribution is 5.54. The molecule has 0 saturated carbocycles. The van der Waals surface area contributed by atoms with E-state index < -0.39 is 0 Å². The fraction of sp³-hybridized carbons (Fsp3) is 0.471. The van der Waals surface area contributed by atoms with Crippen molar-refractivity contribution in [1.82, 2.24) is 9.78 Å². The van der Waals surface area contributed by atoms with Gasteiger partial charge in [0, 0.05) is 12.1 Å². The van der Waals surface area contributed by atoms with E-state index in [1.165, 1.54) is 42.7 Å². The van der Waals surface area contributed by atoms with Gasteiger partial charge in [0.25, 0.3) is 0 Å². The second-order valence-corrected chi connectivity index (χ2v) is 5.65. The van der Waals surface area contributed by atoms with E-state index in [-0.39, 0.29) is 5.82 Å². The summed E-state index contributed by atoms with van der Waals surface area (Å²) in [4.78, 5) is 0. The molecule has 0 spiro atoms. The molecular formula is C17H22FN3. The summed E-state index contributed by atoms with van der Waals surface area (Å²) in [6.07, 6.45) is 6.83. The molecule has 0 bridgehead atoms. The summed E-state index contributed by atoms with van der Waals surface area (Å²) in [5.74, 6) is 0.890. The van der Waals surface area contributed by atoms with Crippen LogP contribution in [-0.2, 0) is 12.8 Å². The minimum absolute atomic E-state index is 0.212. The number of rotatable bonds is 4. The van der Waals surface area contributed by atoms with E-state index in [1.54, 1.807) is 12.1 Å². The Morgan fingerprint density at radius 1 is 1.24 bits per heavy atom. The molecule has 1 aliphatic heterocycles. The van der Waals surface area contributed by atoms with Crippen LogP contribution < -0.4 is 5.32 Å². The third kappa shape index (κ3) is 2.94. The van der Waals surface area contributed by atoms with E-state index in [4.69, 9.17) is 5.10 Å². The molecule has 0 saturated heterocycles. The molecule has 112 valence electrons. The van der Waals surface area contributed by atoms with Gasteiger partial charge in [0.15, 0.2) is 0 Å². The first kappa shape index (κ1) is 14.1. The van der Waals surface area contributed by atoms with Crippen LogP contribution in [0, 0.1) is 5.82 Å². The molecule has 1 N–H and O–H groups in total. The number of anilines is 1. The molecule has 2 heterocycles. The van der Waals surface area contributed by atoms with Crippen LogP contribution in [0.25, 0.3) is 5.69 Å². The van der Waals surface area contributed by atoms with Crippen LogP contribution >= 0.6 is 0 Å². The van der Waals surface area contributed by atoms with Gasteiger partial charge < -0.3 is 5.32 Å². The van der Waals surface area contributed by atoms with Crippen molar-refractivity contribution in [3.05, 3.63) is 41.3 Å². The summed E-state index contributed by atoms with van der Waals surface area (Å²) < 4.78 is 15.1. The van der Waals surface area contributed by atoms with Crippen LogP contribution in [0.2, 0.25) is 0 Å². The molecule has 0 amide bonds. The van der Waals surface area contributed by atoms with Crippen LogP contribution in [0.5, 0.6) is 0 Å². The Balaban J connectivity index is 2.02. The number of benzene rings is 1. The molecule has 0 atom stereocenters. The third-order valence-corrected chi connectivity index (χ3v) is 4.05. The molecule has 1 aliphatic rings. The van der Waals surface area contributed by atoms with Crippen LogP contribution in [0.3, 0.4) is 0 Å². The maximum absolute atomic E-state index is 13.1. The van der Waals surface area contributed by atoms with Crippen molar-refractivity contribution in [3.8, 4) is 5.69 Å². The maximum Gasteiger partial charge on any atom is 0.133 e. The van der Waals surface area contributed by atoms with E-state index in [0.29, 0.717) is 0 Å². The van der Waals surface area contributed by atoms with Gasteiger partial charge in [0.1, 0.15) is 11.6 Å². The van der Waals surface area contributed by atoms with Gasteiger partial charge in [0.2, 0.25) is 0 Å². The van der Waals surface area contributed by atoms with Gasteiger partial charge >= 0.3 is 0 Å². The summed E-state index contributed by atoms with van der Waals surface area (Å²) >= 11 is 0. The van der Waals surface area contributed by atoms with Gasteiger partial charge in [-0.3, -0.25) is 0 Å². The molecule has 3 rings (SSSR count). The van der Waals surface area contributed by atoms with Crippen LogP contribution in [0.15, 0.2) is 24.3 Å². The van der Waals surface area contributed by atoms with E-state index in [9.17, 15) is 4.39 Å². The first-order valence-corrected chi connectivity index (χ1v) is 7.90. The van der Waals surface area contributed by atoms with Crippen molar-refractivity contribution in [2.24, 2.45) is 0 Å². The number of nitrogens with one attached hydrogen (secondary N) is 1. The lowest BCUT2D eigenvalue weighted by Crippen LogP contribution is -2.07. The molecule has 21 heavy (non-hydrogen) atoms. The summed E-state index contributed by atoms with van der Waals surface area (Å²) in [5, 5.41) is 8.31. The molecule has 0 radical (unpaired) electrons. The molecule has 4 heteroatoms. The largest absolute Gasteiger partial charge is 0.370 e. The predicted molar refractivity (Wildman–Crippen MR) is 83.6 cm³/mol. The molecule has 2 aromatic rings. The summed E-state index contributed by atoms with van der Waals surface area (Å²) in [6.45, 7) is 3.18. The fourth-order valence-corrected chi connectivity index (χ4v) is 2.89. The van der Waals surface area contributed by atoms with Crippen molar-refractivity contribution in [3.63, 3.8) is 0 Å². The van der Waals surface area contributed by atoms with Crippen molar-refractivity contribution in [2.75, 3.05) is 11.9 Å². The molecule has 0 fully saturated rings. The molecule has 0 unspecified atom stereocenters. The normalized spacial score (nSPS) is 14.4. The van der Waals surface area contributed by atoms with Crippen molar-refractivity contribution in [2.45, 2.75) is 45.4 Å². The van der Waals surface area contributed by atoms with Gasteiger partial charge in [-0.15, -0.1) is 0 Å². The Morgan fingerprint density at radius 3 is 2.81 bits per heavy atom. The van der Waals surface area contributed by atoms with E-state index >= 15 is 0 Å². The molecule has 1 aromatic heterocycles. The monoisotopic (exact) mass is 287 g/mol. The standard InChI is InChI=1S/C17H22FN3/c1-2-3-7-16-15-6-4-5-12-19-17(15)21(20-16)14-10-8-13(18)9-11-14/h8-11,19H,2-7,12H2,1H3. The van der Waals surface area contributed by atoms with Crippen molar-refractivity contribution >= 4 is 5.82 Å². The highest BCUT2D eigenvalue weighted by atomic mass is 19.1. The topological polar surface area (TPSA) is 29.9 Å². The van der Waals surface area contributed by atoms with Gasteiger partial charge in [-0.05, 0) is 56.4 Å². The summed E-state index contributed by atoms with van der Waals surface area (Å²) in [5.41, 5.74) is 3.47. The Labute approximate surface area is 125 Å². The number of aryl methyl sites for hydroxylation is 1. The fourth-order valence-electron chi connectivity index (χ4n) is 2.89. The minimum Gasteiger partial charge on any atom is -0.370 e. The Hall–Kier alpha value is -1.84. The number of halogens is 1. The first-order valence-electron chi connectivity index (χ1n) is 7.90. The molecule has 1 aromatic carbocycles.